The minimum atomic E-state index is 0.311. The van der Waals surface area contributed by atoms with E-state index in [0.29, 0.717) is 47.6 Å². The summed E-state index contributed by atoms with van der Waals surface area (Å²) in [5.74, 6) is 0.638. The van der Waals surface area contributed by atoms with Gasteiger partial charge < -0.3 is 19.7 Å². The van der Waals surface area contributed by atoms with Gasteiger partial charge in [-0.1, -0.05) is 17.3 Å². The highest BCUT2D eigenvalue weighted by molar-refractivity contribution is 7.98. The largest absolute Gasteiger partial charge is 0.479 e. The quantitative estimate of drug-likeness (QED) is 0.212. The molecule has 0 unspecified atom stereocenters. The molecule has 0 amide bonds. The van der Waals surface area contributed by atoms with Gasteiger partial charge in [-0.05, 0) is 38.3 Å². The van der Waals surface area contributed by atoms with Gasteiger partial charge in [-0.25, -0.2) is 15.5 Å². The van der Waals surface area contributed by atoms with Crippen molar-refractivity contribution in [3.05, 3.63) is 41.6 Å². The number of benzene rings is 1. The zero-order valence-corrected chi connectivity index (χ0v) is 19.0. The first-order chi connectivity index (χ1) is 15.0. The number of piperazine rings is 1. The van der Waals surface area contributed by atoms with Crippen LogP contribution in [0, 0.1) is 6.92 Å². The van der Waals surface area contributed by atoms with Crippen LogP contribution in [0.1, 0.15) is 18.2 Å². The van der Waals surface area contributed by atoms with Crippen molar-refractivity contribution in [2.45, 2.75) is 18.7 Å². The summed E-state index contributed by atoms with van der Waals surface area (Å²) >= 11 is 1.73. The van der Waals surface area contributed by atoms with Gasteiger partial charge in [0.1, 0.15) is 5.69 Å². The number of anilines is 1. The van der Waals surface area contributed by atoms with E-state index in [2.05, 4.69) is 50.0 Å². The fourth-order valence-corrected chi connectivity index (χ4v) is 4.17. The van der Waals surface area contributed by atoms with E-state index < -0.39 is 0 Å². The molecular weight excluding hydrogens is 416 g/mol. The number of para-hydroxylation sites is 1. The standard InChI is InChI=1S/C21H28N6O3S/c1-14-16(15(2)24-28)13-17(20(22-14)30-3)23-21(25-29)27-11-9-26(10-12-27)18-7-5-6-8-19(18)31-4/h5-8,13,28-29H,9-12H2,1-4H3,(H,23,25). The number of thioether (sulfide) groups is 1. The Morgan fingerprint density at radius 3 is 2.55 bits per heavy atom. The third kappa shape index (κ3) is 5.02. The smallest absolute Gasteiger partial charge is 0.240 e. The van der Waals surface area contributed by atoms with E-state index in [1.54, 1.807) is 31.7 Å². The number of guanidine groups is 1. The van der Waals surface area contributed by atoms with Crippen LogP contribution in [0.25, 0.3) is 0 Å². The lowest BCUT2D eigenvalue weighted by atomic mass is 10.1. The van der Waals surface area contributed by atoms with Crippen LogP contribution in [0.5, 0.6) is 5.88 Å². The summed E-state index contributed by atoms with van der Waals surface area (Å²) in [4.78, 5) is 14.5. The highest BCUT2D eigenvalue weighted by Crippen LogP contribution is 2.30. The maximum absolute atomic E-state index is 9.78. The minimum Gasteiger partial charge on any atom is -0.479 e. The van der Waals surface area contributed by atoms with Gasteiger partial charge >= 0.3 is 0 Å². The number of aliphatic imine (C=N–C) groups is 1. The monoisotopic (exact) mass is 444 g/mol. The molecule has 2 heterocycles. The van der Waals surface area contributed by atoms with Crippen molar-refractivity contribution in [3.63, 3.8) is 0 Å². The van der Waals surface area contributed by atoms with E-state index >= 15 is 0 Å². The topological polar surface area (TPSA) is 106 Å². The van der Waals surface area contributed by atoms with E-state index in [0.717, 1.165) is 13.1 Å². The molecule has 31 heavy (non-hydrogen) atoms. The molecule has 0 aliphatic carbocycles. The number of pyridine rings is 1. The lowest BCUT2D eigenvalue weighted by Crippen LogP contribution is -2.52. The lowest BCUT2D eigenvalue weighted by Gasteiger charge is -2.37. The third-order valence-corrected chi connectivity index (χ3v) is 6.01. The van der Waals surface area contributed by atoms with Crippen LogP contribution in [0.15, 0.2) is 45.4 Å². The first kappa shape index (κ1) is 22.7. The molecule has 0 spiro atoms. The number of aryl methyl sites for hydroxylation is 1. The summed E-state index contributed by atoms with van der Waals surface area (Å²) in [5, 5.41) is 22.2. The maximum atomic E-state index is 9.78. The molecule has 1 aromatic carbocycles. The third-order valence-electron chi connectivity index (χ3n) is 5.22. The van der Waals surface area contributed by atoms with Crippen LogP contribution >= 0.6 is 11.8 Å². The Hall–Kier alpha value is -2.98. The Morgan fingerprint density at radius 2 is 1.94 bits per heavy atom. The van der Waals surface area contributed by atoms with Gasteiger partial charge in [-0.3, -0.25) is 5.21 Å². The number of nitrogens with one attached hydrogen (secondary N) is 1. The number of ether oxygens (including phenoxy) is 1. The summed E-state index contributed by atoms with van der Waals surface area (Å²) in [6, 6.07) is 10.1. The van der Waals surface area contributed by atoms with Crippen LogP contribution in [-0.4, -0.2) is 71.5 Å². The van der Waals surface area contributed by atoms with E-state index in [1.165, 1.54) is 17.7 Å². The average Bonchev–Trinajstić information content (AvgIpc) is 2.82. The summed E-state index contributed by atoms with van der Waals surface area (Å²) in [6.07, 6.45) is 2.08. The van der Waals surface area contributed by atoms with Crippen molar-refractivity contribution >= 4 is 34.8 Å². The van der Waals surface area contributed by atoms with Crippen LogP contribution in [0.4, 0.5) is 11.4 Å². The fraction of sp³-hybridized carbons (Fsp3) is 0.381. The Kier molecular flexibility index (Phi) is 7.59. The number of rotatable bonds is 5. The number of nitrogens with zero attached hydrogens (tertiary/aromatic N) is 5. The Morgan fingerprint density at radius 1 is 1.23 bits per heavy atom. The van der Waals surface area contributed by atoms with E-state index in [-0.39, 0.29) is 0 Å². The first-order valence-corrected chi connectivity index (χ1v) is 11.1. The zero-order valence-electron chi connectivity index (χ0n) is 18.2. The Balaban J connectivity index is 1.83. The Labute approximate surface area is 186 Å². The molecule has 1 aliphatic rings. The highest BCUT2D eigenvalue weighted by atomic mass is 32.2. The zero-order chi connectivity index (χ0) is 22.4. The van der Waals surface area contributed by atoms with Gasteiger partial charge in [0.2, 0.25) is 11.8 Å². The summed E-state index contributed by atoms with van der Waals surface area (Å²) < 4.78 is 5.37. The Bertz CT molecular complexity index is 974. The van der Waals surface area contributed by atoms with Crippen molar-refractivity contribution in [1.29, 1.82) is 0 Å². The summed E-state index contributed by atoms with van der Waals surface area (Å²) in [7, 11) is 1.52. The van der Waals surface area contributed by atoms with Crippen molar-refractivity contribution < 1.29 is 15.2 Å². The number of hydrogen-bond acceptors (Lipinski definition) is 8. The van der Waals surface area contributed by atoms with Crippen molar-refractivity contribution in [2.24, 2.45) is 10.1 Å². The van der Waals surface area contributed by atoms with Crippen molar-refractivity contribution in [1.82, 2.24) is 15.4 Å². The second-order valence-corrected chi connectivity index (χ2v) is 7.88. The molecule has 9 nitrogen and oxygen atoms in total. The second-order valence-electron chi connectivity index (χ2n) is 7.03. The fourth-order valence-electron chi connectivity index (χ4n) is 3.55. The van der Waals surface area contributed by atoms with Gasteiger partial charge in [0, 0.05) is 36.6 Å². The average molecular weight is 445 g/mol. The number of aromatic nitrogens is 1. The molecule has 0 radical (unpaired) electrons. The van der Waals surface area contributed by atoms with Gasteiger partial charge in [0.05, 0.1) is 24.2 Å². The second kappa shape index (κ2) is 10.4. The van der Waals surface area contributed by atoms with Crippen molar-refractivity contribution in [3.8, 4) is 5.88 Å². The molecular formula is C21H28N6O3S. The molecule has 3 rings (SSSR count). The van der Waals surface area contributed by atoms with E-state index in [9.17, 15) is 5.21 Å². The number of methoxy groups -OCH3 is 1. The molecule has 166 valence electrons. The molecule has 0 saturated carbocycles. The van der Waals surface area contributed by atoms with E-state index in [4.69, 9.17) is 9.94 Å². The maximum Gasteiger partial charge on any atom is 0.240 e. The highest BCUT2D eigenvalue weighted by Gasteiger charge is 2.22. The summed E-state index contributed by atoms with van der Waals surface area (Å²) in [6.45, 7) is 6.44. The predicted molar refractivity (Wildman–Crippen MR) is 124 cm³/mol. The van der Waals surface area contributed by atoms with Gasteiger partial charge in [-0.15, -0.1) is 11.8 Å². The van der Waals surface area contributed by atoms with Gasteiger partial charge in [-0.2, -0.15) is 0 Å². The van der Waals surface area contributed by atoms with E-state index in [1.807, 2.05) is 11.0 Å². The normalized spacial score (nSPS) is 15.3. The molecule has 0 bridgehead atoms. The van der Waals surface area contributed by atoms with Gasteiger partial charge in [0.25, 0.3) is 0 Å². The van der Waals surface area contributed by atoms with Crippen LogP contribution in [0.2, 0.25) is 0 Å². The SMILES string of the molecule is COc1nc(C)c(C(C)=NO)cc1N=C(NO)N1CCN(c2ccccc2SC)CC1. The molecule has 1 aromatic heterocycles. The first-order valence-electron chi connectivity index (χ1n) is 9.88. The summed E-state index contributed by atoms with van der Waals surface area (Å²) in [5.41, 5.74) is 5.59. The van der Waals surface area contributed by atoms with Crippen LogP contribution in [0.3, 0.4) is 0 Å². The van der Waals surface area contributed by atoms with Crippen molar-refractivity contribution in [2.75, 3.05) is 44.4 Å². The minimum absolute atomic E-state index is 0.311. The van der Waals surface area contributed by atoms with Gasteiger partial charge in [0.15, 0.2) is 0 Å². The number of hydroxylamine groups is 1. The van der Waals surface area contributed by atoms with Crippen LogP contribution < -0.4 is 15.1 Å². The lowest BCUT2D eigenvalue weighted by molar-refractivity contribution is 0.207. The predicted octanol–water partition coefficient (Wildman–Crippen LogP) is 3.11. The molecule has 3 N–H and O–H groups in total. The molecule has 1 fully saturated rings. The van der Waals surface area contributed by atoms with Crippen LogP contribution in [-0.2, 0) is 0 Å². The molecule has 1 aliphatic heterocycles. The number of oxime groups is 1. The molecule has 1 saturated heterocycles. The number of hydrogen-bond donors (Lipinski definition) is 3. The molecule has 0 atom stereocenters. The molecule has 2 aromatic rings. The molecule has 10 heteroatoms.